The summed E-state index contributed by atoms with van der Waals surface area (Å²) in [7, 11) is -1.33. The van der Waals surface area contributed by atoms with Crippen LogP contribution < -0.4 is 15.4 Å². The molecule has 2 atom stereocenters. The number of halogens is 2. The molecule has 2 heterocycles. The zero-order chi connectivity index (χ0) is 25.2. The van der Waals surface area contributed by atoms with E-state index in [2.05, 4.69) is 30.8 Å². The second-order valence-corrected chi connectivity index (χ2v) is 11.3. The molecule has 4 rings (SSSR count). The van der Waals surface area contributed by atoms with Crippen LogP contribution in [0.15, 0.2) is 41.0 Å². The van der Waals surface area contributed by atoms with E-state index in [1.165, 1.54) is 38.4 Å². The van der Waals surface area contributed by atoms with Crippen molar-refractivity contribution >= 4 is 49.3 Å². The lowest BCUT2D eigenvalue weighted by molar-refractivity contribution is -0.127. The Balaban J connectivity index is 1.65. The van der Waals surface area contributed by atoms with Crippen molar-refractivity contribution in [1.82, 2.24) is 15.3 Å². The number of amides is 1. The van der Waals surface area contributed by atoms with E-state index in [4.69, 9.17) is 10.00 Å². The Morgan fingerprint density at radius 3 is 2.71 bits per heavy atom. The molecular formula is C24H24F2N6O2S. The third-order valence-corrected chi connectivity index (χ3v) is 8.14. The predicted octanol–water partition coefficient (Wildman–Crippen LogP) is 4.25. The summed E-state index contributed by atoms with van der Waals surface area (Å²) in [6.45, 7) is 3.00. The number of hydrogen-bond acceptors (Lipinski definition) is 7. The Labute approximate surface area is 202 Å². The van der Waals surface area contributed by atoms with Crippen molar-refractivity contribution in [3.05, 3.63) is 48.3 Å². The van der Waals surface area contributed by atoms with E-state index in [1.54, 1.807) is 6.07 Å². The molecule has 8 nitrogen and oxygen atoms in total. The van der Waals surface area contributed by atoms with Crippen LogP contribution in [0.2, 0.25) is 0 Å². The summed E-state index contributed by atoms with van der Waals surface area (Å²) < 4.78 is 39.5. The lowest BCUT2D eigenvalue weighted by Crippen LogP contribution is -2.40. The van der Waals surface area contributed by atoms with Gasteiger partial charge in [0.1, 0.15) is 35.6 Å². The van der Waals surface area contributed by atoms with Crippen LogP contribution in [0.1, 0.15) is 20.3 Å². The van der Waals surface area contributed by atoms with Crippen molar-refractivity contribution in [2.24, 2.45) is 4.36 Å². The largest absolute Gasteiger partial charge is 0.479 e. The summed E-state index contributed by atoms with van der Waals surface area (Å²) in [4.78, 5) is 20.6. The van der Waals surface area contributed by atoms with Gasteiger partial charge in [-0.2, -0.15) is 5.26 Å². The quantitative estimate of drug-likeness (QED) is 0.471. The fraction of sp³-hybridized carbons (Fsp3) is 0.292. The van der Waals surface area contributed by atoms with Crippen LogP contribution in [-0.2, 0) is 14.2 Å². The van der Waals surface area contributed by atoms with Gasteiger partial charge in [-0.15, -0.1) is 9.41 Å². The van der Waals surface area contributed by atoms with Gasteiger partial charge in [0.15, 0.2) is 6.10 Å². The molecule has 1 aromatic heterocycles. The third-order valence-electron chi connectivity index (χ3n) is 5.44. The molecule has 0 unspecified atom stereocenters. The van der Waals surface area contributed by atoms with E-state index in [-0.39, 0.29) is 22.6 Å². The Bertz CT molecular complexity index is 1450. The summed E-state index contributed by atoms with van der Waals surface area (Å²) in [6.07, 6.45) is 1.34. The fourth-order valence-corrected chi connectivity index (χ4v) is 5.19. The molecule has 1 aliphatic rings. The number of benzene rings is 2. The van der Waals surface area contributed by atoms with E-state index in [0.717, 1.165) is 24.0 Å². The van der Waals surface area contributed by atoms with Crippen LogP contribution in [0.5, 0.6) is 5.75 Å². The van der Waals surface area contributed by atoms with Gasteiger partial charge in [-0.05, 0) is 50.0 Å². The zero-order valence-electron chi connectivity index (χ0n) is 19.2. The third kappa shape index (κ3) is 5.49. The van der Waals surface area contributed by atoms with Gasteiger partial charge < -0.3 is 15.4 Å². The van der Waals surface area contributed by atoms with Crippen molar-refractivity contribution in [2.75, 3.05) is 16.8 Å². The maximum Gasteiger partial charge on any atom is 0.261 e. The predicted molar refractivity (Wildman–Crippen MR) is 133 cm³/mol. The molecular weight excluding hydrogens is 474 g/mol. The van der Waals surface area contributed by atoms with Crippen molar-refractivity contribution in [1.29, 1.82) is 5.26 Å². The van der Waals surface area contributed by atoms with Crippen molar-refractivity contribution in [2.45, 2.75) is 32.4 Å². The number of nitrogens with zero attached hydrogens (tertiary/aromatic N) is 4. The summed E-state index contributed by atoms with van der Waals surface area (Å²) >= 11 is 0. The number of rotatable bonds is 7. The smallest absolute Gasteiger partial charge is 0.261 e. The molecule has 1 amide bonds. The average molecular weight is 499 g/mol. The number of carbonyl (C=O) groups is 1. The maximum atomic E-state index is 15.2. The van der Waals surface area contributed by atoms with Gasteiger partial charge in [0, 0.05) is 12.1 Å². The van der Waals surface area contributed by atoms with Crippen molar-refractivity contribution in [3.8, 4) is 11.8 Å². The monoisotopic (exact) mass is 498 g/mol. The number of nitrogens with one attached hydrogen (secondary N) is 2. The normalized spacial score (nSPS) is 15.9. The van der Waals surface area contributed by atoms with E-state index in [1.807, 2.05) is 6.07 Å². The fourth-order valence-electron chi connectivity index (χ4n) is 3.50. The standard InChI is InChI=1S/C24H24F2N6O2S/c1-14(12-27)30-24(33)15(2)34-21-9-16(25)5-6-19(21)31-23-22-18(26)10-17(11-20(22)28-13-29-23)32-35(3)7-4-8-35/h5-6,9-11,13-15H,3-4,7-8H2,1-2H3,(H,30,33)(H,28,29,31)/t14-,15+/m0/s1. The first-order valence-electron chi connectivity index (χ1n) is 10.9. The van der Waals surface area contributed by atoms with Crippen LogP contribution >= 0.6 is 0 Å². The van der Waals surface area contributed by atoms with E-state index in [0.29, 0.717) is 11.2 Å². The number of nitriles is 1. The lowest BCUT2D eigenvalue weighted by atomic mass is 10.2. The maximum absolute atomic E-state index is 15.2. The number of hydrogen-bond donors (Lipinski definition) is 2. The average Bonchev–Trinajstić information content (AvgIpc) is 2.79. The van der Waals surface area contributed by atoms with Gasteiger partial charge in [-0.3, -0.25) is 4.79 Å². The second kappa shape index (κ2) is 9.84. The highest BCUT2D eigenvalue weighted by Gasteiger charge is 2.20. The molecule has 0 aliphatic carbocycles. The van der Waals surface area contributed by atoms with E-state index >= 15 is 4.39 Å². The first-order chi connectivity index (χ1) is 16.7. The molecule has 2 N–H and O–H groups in total. The van der Waals surface area contributed by atoms with E-state index < -0.39 is 39.1 Å². The van der Waals surface area contributed by atoms with Gasteiger partial charge in [0.2, 0.25) is 0 Å². The number of aromatic nitrogens is 2. The molecule has 3 aromatic rings. The van der Waals surface area contributed by atoms with Crippen LogP contribution in [0, 0.1) is 23.0 Å². The molecule has 0 saturated carbocycles. The molecule has 1 saturated heterocycles. The molecule has 182 valence electrons. The van der Waals surface area contributed by atoms with Gasteiger partial charge >= 0.3 is 0 Å². The Kier molecular flexibility index (Phi) is 6.84. The minimum absolute atomic E-state index is 0.0173. The van der Waals surface area contributed by atoms with Crippen LogP contribution in [0.4, 0.5) is 26.0 Å². The molecule has 0 radical (unpaired) electrons. The Morgan fingerprint density at radius 1 is 1.26 bits per heavy atom. The summed E-state index contributed by atoms with van der Waals surface area (Å²) in [6, 6.07) is 7.90. The molecule has 1 aliphatic heterocycles. The van der Waals surface area contributed by atoms with E-state index in [9.17, 15) is 9.18 Å². The number of ether oxygens (including phenoxy) is 1. The molecule has 35 heavy (non-hydrogen) atoms. The Hall–Kier alpha value is -3.78. The van der Waals surface area contributed by atoms with Crippen molar-refractivity contribution < 1.29 is 18.3 Å². The number of fused-ring (bicyclic) bond motifs is 1. The van der Waals surface area contributed by atoms with Crippen LogP contribution in [0.3, 0.4) is 0 Å². The molecule has 0 bridgehead atoms. The number of anilines is 2. The van der Waals surface area contributed by atoms with Gasteiger partial charge in [-0.25, -0.2) is 23.1 Å². The molecule has 2 aromatic carbocycles. The molecule has 1 fully saturated rings. The zero-order valence-corrected chi connectivity index (χ0v) is 20.0. The highest BCUT2D eigenvalue weighted by molar-refractivity contribution is 8.03. The van der Waals surface area contributed by atoms with Crippen LogP contribution in [0.25, 0.3) is 10.9 Å². The first-order valence-corrected chi connectivity index (χ1v) is 13.0. The Morgan fingerprint density at radius 2 is 2.03 bits per heavy atom. The molecule has 0 spiro atoms. The summed E-state index contributed by atoms with van der Waals surface area (Å²) in [5.74, 6) is 4.52. The highest BCUT2D eigenvalue weighted by atomic mass is 32.2. The van der Waals surface area contributed by atoms with Gasteiger partial charge in [0.25, 0.3) is 5.91 Å². The van der Waals surface area contributed by atoms with Gasteiger partial charge in [0.05, 0.1) is 28.3 Å². The highest BCUT2D eigenvalue weighted by Crippen LogP contribution is 2.34. The van der Waals surface area contributed by atoms with Gasteiger partial charge in [-0.1, -0.05) is 5.87 Å². The topological polar surface area (TPSA) is 112 Å². The SMILES string of the molecule is C=S1(=Nc2cc(F)c3c(Nc4ccc(F)cc4O[C@H](C)C(=O)N[C@@H](C)C#N)ncnc3c2)CCC1. The lowest BCUT2D eigenvalue weighted by Gasteiger charge is -2.24. The summed E-state index contributed by atoms with van der Waals surface area (Å²) in [5.41, 5.74) is 1.11. The minimum atomic E-state index is -1.33. The number of carbonyl (C=O) groups excluding carboxylic acids is 1. The first kappa shape index (κ1) is 24.3. The molecule has 11 heteroatoms. The summed E-state index contributed by atoms with van der Waals surface area (Å²) in [5, 5.41) is 14.5. The van der Waals surface area contributed by atoms with Crippen molar-refractivity contribution in [3.63, 3.8) is 0 Å². The second-order valence-electron chi connectivity index (χ2n) is 8.28. The van der Waals surface area contributed by atoms with Crippen LogP contribution in [-0.4, -0.2) is 45.4 Å². The minimum Gasteiger partial charge on any atom is -0.479 e.